The topological polar surface area (TPSA) is 38.0 Å². The van der Waals surface area contributed by atoms with Crippen LogP contribution in [0, 0.1) is 11.6 Å². The van der Waals surface area contributed by atoms with Crippen molar-refractivity contribution in [2.45, 2.75) is 0 Å². The average molecular weight is 334 g/mol. The van der Waals surface area contributed by atoms with E-state index in [0.29, 0.717) is 16.4 Å². The molecule has 2 aromatic carbocycles. The third-order valence-electron chi connectivity index (χ3n) is 2.33. The van der Waals surface area contributed by atoms with Gasteiger partial charge in [-0.25, -0.2) is 8.78 Å². The molecule has 0 aliphatic rings. The first-order valence-electron chi connectivity index (χ1n) is 4.94. The van der Waals surface area contributed by atoms with E-state index < -0.39 is 11.6 Å². The summed E-state index contributed by atoms with van der Waals surface area (Å²) in [6.07, 6.45) is 0. The zero-order chi connectivity index (χ0) is 13.3. The Bertz CT molecular complexity index is 605. The van der Waals surface area contributed by atoms with Crippen molar-refractivity contribution >= 4 is 44.6 Å². The summed E-state index contributed by atoms with van der Waals surface area (Å²) in [5, 5.41) is 3.13. The lowest BCUT2D eigenvalue weighted by atomic mass is 10.2. The lowest BCUT2D eigenvalue weighted by Crippen LogP contribution is -1.99. The number of hydrogen-bond donors (Lipinski definition) is 2. The van der Waals surface area contributed by atoms with Crippen LogP contribution in [-0.2, 0) is 0 Å². The number of benzene rings is 2. The molecule has 2 rings (SSSR count). The van der Waals surface area contributed by atoms with Gasteiger partial charge in [-0.3, -0.25) is 0 Å². The monoisotopic (exact) mass is 332 g/mol. The standard InChI is InChI=1S/C12H8BrClF2N2/c13-6-4-11(9(16)5-8(6)15)18-10-3-1-2-7(14)12(10)17/h1-5,18H,17H2. The van der Waals surface area contributed by atoms with Crippen LogP contribution < -0.4 is 11.1 Å². The van der Waals surface area contributed by atoms with E-state index in [1.807, 2.05) is 0 Å². The van der Waals surface area contributed by atoms with E-state index in [1.54, 1.807) is 18.2 Å². The summed E-state index contributed by atoms with van der Waals surface area (Å²) in [7, 11) is 0. The fourth-order valence-corrected chi connectivity index (χ4v) is 1.93. The maximum atomic E-state index is 13.6. The molecule has 0 saturated heterocycles. The summed E-state index contributed by atoms with van der Waals surface area (Å²) < 4.78 is 26.8. The van der Waals surface area contributed by atoms with Crippen LogP contribution in [0.4, 0.5) is 25.8 Å². The Morgan fingerprint density at radius 3 is 2.56 bits per heavy atom. The molecule has 0 heterocycles. The molecule has 94 valence electrons. The molecule has 0 unspecified atom stereocenters. The molecule has 0 radical (unpaired) electrons. The minimum absolute atomic E-state index is 0.109. The first-order chi connectivity index (χ1) is 8.49. The molecule has 3 N–H and O–H groups in total. The van der Waals surface area contributed by atoms with Gasteiger partial charge in [0.15, 0.2) is 0 Å². The summed E-state index contributed by atoms with van der Waals surface area (Å²) in [6, 6.07) is 7.03. The number of nitrogen functional groups attached to an aromatic ring is 1. The molecular formula is C12H8BrClF2N2. The van der Waals surface area contributed by atoms with Gasteiger partial charge < -0.3 is 11.1 Å². The summed E-state index contributed by atoms with van der Waals surface area (Å²) in [6.45, 7) is 0. The molecule has 6 heteroatoms. The third-order valence-corrected chi connectivity index (χ3v) is 3.27. The Balaban J connectivity index is 2.40. The van der Waals surface area contributed by atoms with Gasteiger partial charge in [-0.15, -0.1) is 0 Å². The highest BCUT2D eigenvalue weighted by atomic mass is 79.9. The Kier molecular flexibility index (Phi) is 3.73. The number of anilines is 3. The van der Waals surface area contributed by atoms with Crippen molar-refractivity contribution in [3.05, 3.63) is 51.5 Å². The molecule has 2 nitrogen and oxygen atoms in total. The summed E-state index contributed by atoms with van der Waals surface area (Å²) in [4.78, 5) is 0. The highest BCUT2D eigenvalue weighted by Crippen LogP contribution is 2.32. The molecule has 0 atom stereocenters. The SMILES string of the molecule is Nc1c(Cl)cccc1Nc1cc(Br)c(F)cc1F. The number of nitrogens with two attached hydrogens (primary N) is 1. The fourth-order valence-electron chi connectivity index (χ4n) is 1.41. The van der Waals surface area contributed by atoms with Crippen LogP contribution in [0.25, 0.3) is 0 Å². The molecule has 18 heavy (non-hydrogen) atoms. The van der Waals surface area contributed by atoms with Gasteiger partial charge in [-0.1, -0.05) is 17.7 Å². The second-order valence-electron chi connectivity index (χ2n) is 3.57. The summed E-state index contributed by atoms with van der Waals surface area (Å²) in [5.41, 5.74) is 6.62. The number of para-hydroxylation sites is 1. The Morgan fingerprint density at radius 2 is 1.83 bits per heavy atom. The highest BCUT2D eigenvalue weighted by Gasteiger charge is 2.10. The number of rotatable bonds is 2. The van der Waals surface area contributed by atoms with Crippen molar-refractivity contribution in [3.8, 4) is 0 Å². The zero-order valence-electron chi connectivity index (χ0n) is 8.98. The van der Waals surface area contributed by atoms with E-state index >= 15 is 0 Å². The summed E-state index contributed by atoms with van der Waals surface area (Å²) in [5.74, 6) is -1.38. The third kappa shape index (κ3) is 2.57. The van der Waals surface area contributed by atoms with E-state index in [-0.39, 0.29) is 10.2 Å². The van der Waals surface area contributed by atoms with Gasteiger partial charge in [0.05, 0.1) is 26.6 Å². The van der Waals surface area contributed by atoms with Crippen molar-refractivity contribution in [2.75, 3.05) is 11.1 Å². The van der Waals surface area contributed by atoms with E-state index in [2.05, 4.69) is 21.2 Å². The molecule has 0 saturated carbocycles. The molecule has 2 aromatic rings. The van der Waals surface area contributed by atoms with Gasteiger partial charge >= 0.3 is 0 Å². The van der Waals surface area contributed by atoms with Crippen LogP contribution in [0.15, 0.2) is 34.8 Å². The minimum Gasteiger partial charge on any atom is -0.396 e. The first kappa shape index (κ1) is 13.1. The van der Waals surface area contributed by atoms with Gasteiger partial charge in [-0.2, -0.15) is 0 Å². The maximum absolute atomic E-state index is 13.6. The van der Waals surface area contributed by atoms with Gasteiger partial charge in [0.25, 0.3) is 0 Å². The molecule has 0 bridgehead atoms. The second kappa shape index (κ2) is 5.12. The fraction of sp³-hybridized carbons (Fsp3) is 0. The van der Waals surface area contributed by atoms with Crippen molar-refractivity contribution in [1.29, 1.82) is 0 Å². The van der Waals surface area contributed by atoms with E-state index in [1.165, 1.54) is 6.07 Å². The van der Waals surface area contributed by atoms with Crippen LogP contribution in [0.2, 0.25) is 5.02 Å². The van der Waals surface area contributed by atoms with E-state index in [4.69, 9.17) is 17.3 Å². The molecule has 0 spiro atoms. The first-order valence-corrected chi connectivity index (χ1v) is 6.11. The minimum atomic E-state index is -0.713. The van der Waals surface area contributed by atoms with Crippen molar-refractivity contribution < 1.29 is 8.78 Å². The van der Waals surface area contributed by atoms with Crippen LogP contribution in [0.5, 0.6) is 0 Å². The van der Waals surface area contributed by atoms with Gasteiger partial charge in [-0.05, 0) is 34.1 Å². The molecule has 0 fully saturated rings. The van der Waals surface area contributed by atoms with Crippen LogP contribution in [0.3, 0.4) is 0 Å². The lowest BCUT2D eigenvalue weighted by Gasteiger charge is -2.11. The largest absolute Gasteiger partial charge is 0.396 e. The molecule has 0 amide bonds. The molecular weight excluding hydrogens is 325 g/mol. The van der Waals surface area contributed by atoms with Crippen LogP contribution in [0.1, 0.15) is 0 Å². The van der Waals surface area contributed by atoms with E-state index in [9.17, 15) is 8.78 Å². The van der Waals surface area contributed by atoms with Crippen LogP contribution in [-0.4, -0.2) is 0 Å². The molecule has 0 aliphatic heterocycles. The van der Waals surface area contributed by atoms with Crippen molar-refractivity contribution in [2.24, 2.45) is 0 Å². The van der Waals surface area contributed by atoms with Crippen molar-refractivity contribution in [3.63, 3.8) is 0 Å². The Morgan fingerprint density at radius 1 is 1.11 bits per heavy atom. The van der Waals surface area contributed by atoms with Gasteiger partial charge in [0.1, 0.15) is 11.6 Å². The zero-order valence-corrected chi connectivity index (χ0v) is 11.3. The van der Waals surface area contributed by atoms with Gasteiger partial charge in [0, 0.05) is 6.07 Å². The predicted molar refractivity (Wildman–Crippen MR) is 73.2 cm³/mol. The second-order valence-corrected chi connectivity index (χ2v) is 4.83. The normalized spacial score (nSPS) is 10.4. The highest BCUT2D eigenvalue weighted by molar-refractivity contribution is 9.10. The van der Waals surface area contributed by atoms with E-state index in [0.717, 1.165) is 6.07 Å². The predicted octanol–water partition coefficient (Wildman–Crippen LogP) is 4.71. The van der Waals surface area contributed by atoms with Gasteiger partial charge in [0.2, 0.25) is 0 Å². The number of hydrogen-bond acceptors (Lipinski definition) is 2. The number of halogens is 4. The maximum Gasteiger partial charge on any atom is 0.149 e. The molecule has 0 aromatic heterocycles. The number of nitrogens with one attached hydrogen (secondary N) is 1. The Labute approximate surface area is 116 Å². The smallest absolute Gasteiger partial charge is 0.149 e. The average Bonchev–Trinajstić information content (AvgIpc) is 2.32. The summed E-state index contributed by atoms with van der Waals surface area (Å²) >= 11 is 8.84. The Hall–Kier alpha value is -1.33. The van der Waals surface area contributed by atoms with Crippen LogP contribution >= 0.6 is 27.5 Å². The lowest BCUT2D eigenvalue weighted by molar-refractivity contribution is 0.581. The quantitative estimate of drug-likeness (QED) is 0.617. The molecule has 0 aliphatic carbocycles. The van der Waals surface area contributed by atoms with Crippen molar-refractivity contribution in [1.82, 2.24) is 0 Å².